The van der Waals surface area contributed by atoms with Gasteiger partial charge in [0.2, 0.25) is 0 Å². The van der Waals surface area contributed by atoms with Crippen molar-refractivity contribution in [2.45, 2.75) is 51.5 Å². The molecule has 0 radical (unpaired) electrons. The van der Waals surface area contributed by atoms with Gasteiger partial charge >= 0.3 is 0 Å². The number of carbonyl (C=O) groups excluding carboxylic acids is 2. The maximum absolute atomic E-state index is 15.0. The van der Waals surface area contributed by atoms with Crippen LogP contribution in [0.2, 0.25) is 0 Å². The Balaban J connectivity index is 1.57. The first-order valence-electron chi connectivity index (χ1n) is 13.1. The van der Waals surface area contributed by atoms with Gasteiger partial charge in [0.15, 0.2) is 5.78 Å². The van der Waals surface area contributed by atoms with E-state index in [1.807, 2.05) is 55.5 Å². The molecule has 192 valence electrons. The number of amides is 1. The van der Waals surface area contributed by atoms with Crippen LogP contribution in [0.1, 0.15) is 58.3 Å². The minimum Gasteiger partial charge on any atom is -0.310 e. The Morgan fingerprint density at radius 1 is 0.921 bits per heavy atom. The number of aliphatic imine (C=N–C) groups is 2. The van der Waals surface area contributed by atoms with Crippen LogP contribution in [0.25, 0.3) is 0 Å². The van der Waals surface area contributed by atoms with Crippen LogP contribution in [0.3, 0.4) is 0 Å². The summed E-state index contributed by atoms with van der Waals surface area (Å²) >= 11 is 0. The van der Waals surface area contributed by atoms with E-state index in [-0.39, 0.29) is 23.5 Å². The predicted molar refractivity (Wildman–Crippen MR) is 149 cm³/mol. The number of amidine groups is 1. The van der Waals surface area contributed by atoms with Gasteiger partial charge in [-0.2, -0.15) is 0 Å². The van der Waals surface area contributed by atoms with Gasteiger partial charge in [-0.3, -0.25) is 14.6 Å². The third-order valence-electron chi connectivity index (χ3n) is 6.95. The largest absolute Gasteiger partial charge is 0.310 e. The summed E-state index contributed by atoms with van der Waals surface area (Å²) in [4.78, 5) is 35.3. The number of hydrogen-bond acceptors (Lipinski definition) is 4. The van der Waals surface area contributed by atoms with Gasteiger partial charge in [-0.05, 0) is 91.8 Å². The van der Waals surface area contributed by atoms with Crippen molar-refractivity contribution in [3.05, 3.63) is 113 Å². The first-order chi connectivity index (χ1) is 18.4. The molecule has 1 N–H and O–H groups in total. The lowest BCUT2D eigenvalue weighted by molar-refractivity contribution is -0.114. The number of nitrogens with zero attached hydrogens (tertiary/aromatic N) is 2. The average Bonchev–Trinajstić information content (AvgIpc) is 2.90. The Bertz CT molecular complexity index is 1470. The van der Waals surface area contributed by atoms with Gasteiger partial charge < -0.3 is 5.32 Å². The molecule has 0 fully saturated rings. The van der Waals surface area contributed by atoms with Crippen molar-refractivity contribution >= 4 is 28.9 Å². The van der Waals surface area contributed by atoms with Crippen LogP contribution in [0.4, 0.5) is 10.1 Å². The fourth-order valence-electron chi connectivity index (χ4n) is 4.86. The molecule has 2 aliphatic rings. The molecule has 1 unspecified atom stereocenters. The third kappa shape index (κ3) is 6.20. The van der Waals surface area contributed by atoms with Gasteiger partial charge in [-0.1, -0.05) is 36.4 Å². The van der Waals surface area contributed by atoms with Crippen molar-refractivity contribution in [1.29, 1.82) is 0 Å². The van der Waals surface area contributed by atoms with E-state index in [9.17, 15) is 9.59 Å². The molecule has 1 atom stereocenters. The SMILES string of the molecule is Cc1ccccc1/N=C1\CCCc2ccc(F)c(c2)C2=N\C(CCC(=O)/C=C\2)Cc2cccc(c2)C(=O)N1. The second-order valence-corrected chi connectivity index (χ2v) is 9.88. The minimum atomic E-state index is -0.360. The van der Waals surface area contributed by atoms with Crippen molar-refractivity contribution in [2.75, 3.05) is 0 Å². The summed E-state index contributed by atoms with van der Waals surface area (Å²) in [6.45, 7) is 1.99. The maximum Gasteiger partial charge on any atom is 0.256 e. The van der Waals surface area contributed by atoms with E-state index in [0.29, 0.717) is 61.2 Å². The Labute approximate surface area is 222 Å². The molecule has 2 aliphatic heterocycles. The fraction of sp³-hybridized carbons (Fsp3) is 0.250. The summed E-state index contributed by atoms with van der Waals surface area (Å²) in [5.41, 5.74) is 5.15. The number of para-hydroxylation sites is 1. The molecule has 5 rings (SSSR count). The van der Waals surface area contributed by atoms with Crippen molar-refractivity contribution in [2.24, 2.45) is 9.98 Å². The molecule has 1 amide bonds. The first kappa shape index (κ1) is 25.5. The normalized spacial score (nSPS) is 21.6. The fourth-order valence-corrected chi connectivity index (χ4v) is 4.86. The summed E-state index contributed by atoms with van der Waals surface area (Å²) in [5.74, 6) is 0.0264. The highest BCUT2D eigenvalue weighted by Gasteiger charge is 2.19. The third-order valence-corrected chi connectivity index (χ3v) is 6.95. The molecule has 3 aromatic carbocycles. The maximum atomic E-state index is 15.0. The van der Waals surface area contributed by atoms with Gasteiger partial charge in [0, 0.05) is 24.0 Å². The Morgan fingerprint density at radius 2 is 1.79 bits per heavy atom. The number of halogens is 1. The molecule has 6 bridgehead atoms. The topological polar surface area (TPSA) is 70.9 Å². The molecule has 3 aromatic rings. The second kappa shape index (κ2) is 11.5. The van der Waals surface area contributed by atoms with E-state index in [4.69, 9.17) is 9.98 Å². The molecule has 6 heteroatoms. The quantitative estimate of drug-likeness (QED) is 0.423. The molecular weight excluding hydrogens is 477 g/mol. The van der Waals surface area contributed by atoms with Crippen molar-refractivity contribution in [3.8, 4) is 0 Å². The summed E-state index contributed by atoms with van der Waals surface area (Å²) in [7, 11) is 0. The van der Waals surface area contributed by atoms with Crippen LogP contribution in [0.15, 0.2) is 88.9 Å². The highest BCUT2D eigenvalue weighted by molar-refractivity contribution is 6.12. The molecule has 0 saturated heterocycles. The van der Waals surface area contributed by atoms with Crippen LogP contribution >= 0.6 is 0 Å². The van der Waals surface area contributed by atoms with Crippen LogP contribution < -0.4 is 5.32 Å². The number of carbonyl (C=O) groups is 2. The number of fused-ring (bicyclic) bond motifs is 6. The van der Waals surface area contributed by atoms with E-state index in [1.165, 1.54) is 12.1 Å². The molecule has 0 saturated carbocycles. The number of nitrogens with one attached hydrogen (secondary N) is 1. The lowest BCUT2D eigenvalue weighted by atomic mass is 9.96. The first-order valence-corrected chi connectivity index (χ1v) is 13.1. The van der Waals surface area contributed by atoms with Crippen LogP contribution in [-0.4, -0.2) is 29.3 Å². The predicted octanol–water partition coefficient (Wildman–Crippen LogP) is 6.25. The second-order valence-electron chi connectivity index (χ2n) is 9.88. The standard InChI is InChI=1S/C32H30FN3O2/c1-21-6-2-3-10-29(21)35-31-11-5-7-22-12-16-28(33)27(20-22)30-17-15-26(37)14-13-25(34-30)19-23-8-4-9-24(18-23)32(38)36-31/h2-4,6,8-10,12,15-18,20,25H,5,7,11,13-14,19H2,1H3,(H,35,36,38)/b17-15-,34-30-. The lowest BCUT2D eigenvalue weighted by Crippen LogP contribution is -2.30. The molecule has 0 aromatic heterocycles. The van der Waals surface area contributed by atoms with E-state index < -0.39 is 0 Å². The number of rotatable bonds is 1. The van der Waals surface area contributed by atoms with Crippen molar-refractivity contribution < 1.29 is 14.0 Å². The monoisotopic (exact) mass is 507 g/mol. The molecule has 2 heterocycles. The van der Waals surface area contributed by atoms with Gasteiger partial charge in [-0.25, -0.2) is 9.38 Å². The lowest BCUT2D eigenvalue weighted by Gasteiger charge is -2.18. The van der Waals surface area contributed by atoms with E-state index in [2.05, 4.69) is 5.32 Å². The minimum absolute atomic E-state index is 0.00182. The van der Waals surface area contributed by atoms with Crippen LogP contribution in [0, 0.1) is 12.7 Å². The Morgan fingerprint density at radius 3 is 2.66 bits per heavy atom. The smallest absolute Gasteiger partial charge is 0.256 e. The van der Waals surface area contributed by atoms with E-state index in [1.54, 1.807) is 18.2 Å². The molecule has 0 aliphatic carbocycles. The average molecular weight is 508 g/mol. The van der Waals surface area contributed by atoms with Gasteiger partial charge in [-0.15, -0.1) is 0 Å². The summed E-state index contributed by atoms with van der Waals surface area (Å²) in [6, 6.07) is 20.1. The molecule has 5 nitrogen and oxygen atoms in total. The van der Waals surface area contributed by atoms with Crippen LogP contribution in [0.5, 0.6) is 0 Å². The Kier molecular flexibility index (Phi) is 7.68. The van der Waals surface area contributed by atoms with Crippen LogP contribution in [-0.2, 0) is 17.6 Å². The van der Waals surface area contributed by atoms with Crippen molar-refractivity contribution in [1.82, 2.24) is 5.32 Å². The zero-order valence-electron chi connectivity index (χ0n) is 21.4. The van der Waals surface area contributed by atoms with Gasteiger partial charge in [0.25, 0.3) is 5.91 Å². The molecular formula is C32H30FN3O2. The van der Waals surface area contributed by atoms with E-state index in [0.717, 1.165) is 22.4 Å². The van der Waals surface area contributed by atoms with Crippen molar-refractivity contribution in [3.63, 3.8) is 0 Å². The summed E-state index contributed by atoms with van der Waals surface area (Å²) in [5, 5.41) is 3.04. The Hall–Kier alpha value is -4.19. The molecule has 38 heavy (non-hydrogen) atoms. The summed E-state index contributed by atoms with van der Waals surface area (Å²) in [6.07, 6.45) is 6.53. The number of benzene rings is 3. The zero-order valence-corrected chi connectivity index (χ0v) is 21.4. The summed E-state index contributed by atoms with van der Waals surface area (Å²) < 4.78 is 15.0. The number of hydrogen-bond donors (Lipinski definition) is 1. The number of allylic oxidation sites excluding steroid dienone is 2. The number of ketones is 1. The van der Waals surface area contributed by atoms with Gasteiger partial charge in [0.05, 0.1) is 17.4 Å². The molecule has 0 spiro atoms. The van der Waals surface area contributed by atoms with E-state index >= 15 is 4.39 Å². The highest BCUT2D eigenvalue weighted by atomic mass is 19.1. The highest BCUT2D eigenvalue weighted by Crippen LogP contribution is 2.22. The number of aryl methyl sites for hydroxylation is 2. The zero-order chi connectivity index (χ0) is 26.5. The van der Waals surface area contributed by atoms with Gasteiger partial charge in [0.1, 0.15) is 11.7 Å².